The Bertz CT molecular complexity index is 367. The summed E-state index contributed by atoms with van der Waals surface area (Å²) in [6.45, 7) is 8.50. The largest absolute Gasteiger partial charge is 0.356 e. The van der Waals surface area contributed by atoms with Gasteiger partial charge >= 0.3 is 0 Å². The molecule has 3 N–H and O–H groups in total. The monoisotopic (exact) mass is 315 g/mol. The van der Waals surface area contributed by atoms with Gasteiger partial charge in [0.2, 0.25) is 0 Å². The lowest BCUT2D eigenvalue weighted by Gasteiger charge is -2.27. The van der Waals surface area contributed by atoms with Crippen molar-refractivity contribution >= 4 is 27.6 Å². The van der Waals surface area contributed by atoms with Crippen molar-refractivity contribution in [3.63, 3.8) is 0 Å². The fourth-order valence-corrected chi connectivity index (χ4v) is 2.48. The van der Waals surface area contributed by atoms with Crippen molar-refractivity contribution < 1.29 is 0 Å². The van der Waals surface area contributed by atoms with E-state index in [1.165, 1.54) is 19.2 Å². The molecule has 0 saturated carbocycles. The Morgan fingerprint density at radius 3 is 2.50 bits per heavy atom. The first-order chi connectivity index (χ1) is 8.67. The molecule has 0 aromatic carbocycles. The molecule has 1 rings (SSSR count). The number of aromatic nitrogens is 2. The van der Waals surface area contributed by atoms with Gasteiger partial charge in [-0.2, -0.15) is 0 Å². The molecular formula is C12H22BrN5. The Balaban J connectivity index is 2.94. The molecule has 0 radical (unpaired) electrons. The fraction of sp³-hybridized carbons (Fsp3) is 0.667. The number of anilines is 2. The number of nitrogens with zero attached hydrogens (tertiary/aromatic N) is 3. The van der Waals surface area contributed by atoms with Gasteiger partial charge in [-0.1, -0.05) is 26.7 Å². The first-order valence-corrected chi connectivity index (χ1v) is 7.19. The summed E-state index contributed by atoms with van der Waals surface area (Å²) in [6.07, 6.45) is 3.89. The lowest BCUT2D eigenvalue weighted by Crippen LogP contribution is -2.30. The van der Waals surface area contributed by atoms with E-state index in [0.717, 1.165) is 23.4 Å². The van der Waals surface area contributed by atoms with Gasteiger partial charge in [0.15, 0.2) is 5.82 Å². The molecule has 0 saturated heterocycles. The smallest absolute Gasteiger partial charge is 0.159 e. The van der Waals surface area contributed by atoms with Gasteiger partial charge in [0.1, 0.15) is 16.6 Å². The summed E-state index contributed by atoms with van der Waals surface area (Å²) < 4.78 is 0.820. The zero-order valence-electron chi connectivity index (χ0n) is 11.3. The topological polar surface area (TPSA) is 67.1 Å². The number of hydrogen-bond donors (Lipinski definition) is 2. The lowest BCUT2D eigenvalue weighted by molar-refractivity contribution is 0.484. The van der Waals surface area contributed by atoms with Crippen molar-refractivity contribution in [3.05, 3.63) is 10.8 Å². The maximum absolute atomic E-state index is 5.43. The molecule has 0 aliphatic heterocycles. The Labute approximate surface area is 117 Å². The Kier molecular flexibility index (Phi) is 6.35. The molecule has 0 fully saturated rings. The van der Waals surface area contributed by atoms with Crippen LogP contribution in [0.1, 0.15) is 33.6 Å². The minimum Gasteiger partial charge on any atom is -0.356 e. The lowest BCUT2D eigenvalue weighted by atomic mass is 10.0. The van der Waals surface area contributed by atoms with Gasteiger partial charge in [0.25, 0.3) is 0 Å². The first kappa shape index (κ1) is 15.2. The second-order valence-electron chi connectivity index (χ2n) is 4.23. The van der Waals surface area contributed by atoms with E-state index in [1.807, 2.05) is 0 Å². The fourth-order valence-electron chi connectivity index (χ4n) is 1.91. The van der Waals surface area contributed by atoms with Crippen LogP contribution in [0.4, 0.5) is 11.6 Å². The molecule has 0 bridgehead atoms. The second-order valence-corrected chi connectivity index (χ2v) is 5.02. The molecule has 1 aromatic heterocycles. The highest BCUT2D eigenvalue weighted by Crippen LogP contribution is 2.29. The molecule has 5 nitrogen and oxygen atoms in total. The molecule has 0 aliphatic carbocycles. The molecule has 0 amide bonds. The Hall–Kier alpha value is -0.880. The SMILES string of the molecule is CCC(CC)CN(CC)c1ncnc(NN)c1Br. The normalized spacial score (nSPS) is 10.8. The molecular weight excluding hydrogens is 294 g/mol. The minimum absolute atomic E-state index is 0.614. The maximum Gasteiger partial charge on any atom is 0.159 e. The highest BCUT2D eigenvalue weighted by molar-refractivity contribution is 9.10. The van der Waals surface area contributed by atoms with Gasteiger partial charge in [-0.05, 0) is 28.8 Å². The van der Waals surface area contributed by atoms with Crippen LogP contribution in [0.5, 0.6) is 0 Å². The van der Waals surface area contributed by atoms with E-state index in [2.05, 4.69) is 57.0 Å². The third kappa shape index (κ3) is 3.55. The van der Waals surface area contributed by atoms with Crippen LogP contribution < -0.4 is 16.2 Å². The summed E-state index contributed by atoms with van der Waals surface area (Å²) in [7, 11) is 0. The van der Waals surface area contributed by atoms with Crippen LogP contribution in [0.25, 0.3) is 0 Å². The van der Waals surface area contributed by atoms with Crippen LogP contribution >= 0.6 is 15.9 Å². The second kappa shape index (κ2) is 7.53. The standard InChI is InChI=1S/C12H22BrN5/c1-4-9(5-2)7-18(6-3)12-10(13)11(17-14)15-8-16-12/h8-9H,4-7,14H2,1-3H3,(H,15,16,17). The van der Waals surface area contributed by atoms with Crippen molar-refractivity contribution in [1.82, 2.24) is 9.97 Å². The third-order valence-electron chi connectivity index (χ3n) is 3.22. The van der Waals surface area contributed by atoms with Crippen LogP contribution in [0.2, 0.25) is 0 Å². The average molecular weight is 316 g/mol. The van der Waals surface area contributed by atoms with Gasteiger partial charge in [0.05, 0.1) is 0 Å². The molecule has 0 unspecified atom stereocenters. The molecule has 18 heavy (non-hydrogen) atoms. The predicted octanol–water partition coefficient (Wildman–Crippen LogP) is 2.79. The summed E-state index contributed by atoms with van der Waals surface area (Å²) in [5, 5.41) is 0. The van der Waals surface area contributed by atoms with E-state index in [0.29, 0.717) is 11.7 Å². The molecule has 1 aromatic rings. The number of rotatable bonds is 7. The van der Waals surface area contributed by atoms with Gasteiger partial charge in [-0.25, -0.2) is 15.8 Å². The Morgan fingerprint density at radius 2 is 2.00 bits per heavy atom. The highest BCUT2D eigenvalue weighted by Gasteiger charge is 2.16. The molecule has 1 heterocycles. The van der Waals surface area contributed by atoms with Crippen molar-refractivity contribution in [2.24, 2.45) is 11.8 Å². The van der Waals surface area contributed by atoms with Gasteiger partial charge in [-0.15, -0.1) is 0 Å². The first-order valence-electron chi connectivity index (χ1n) is 6.39. The average Bonchev–Trinajstić information content (AvgIpc) is 2.41. The van der Waals surface area contributed by atoms with E-state index in [9.17, 15) is 0 Å². The minimum atomic E-state index is 0.614. The number of halogens is 1. The molecule has 102 valence electrons. The van der Waals surface area contributed by atoms with E-state index >= 15 is 0 Å². The maximum atomic E-state index is 5.43. The zero-order chi connectivity index (χ0) is 13.5. The number of nitrogen functional groups attached to an aromatic ring is 1. The number of nitrogens with one attached hydrogen (secondary N) is 1. The molecule has 6 heteroatoms. The molecule has 0 atom stereocenters. The number of hydrogen-bond acceptors (Lipinski definition) is 5. The molecule has 0 spiro atoms. The summed E-state index contributed by atoms with van der Waals surface area (Å²) >= 11 is 3.51. The highest BCUT2D eigenvalue weighted by atomic mass is 79.9. The van der Waals surface area contributed by atoms with E-state index in [4.69, 9.17) is 5.84 Å². The number of hydrazine groups is 1. The van der Waals surface area contributed by atoms with Crippen LogP contribution in [-0.4, -0.2) is 23.1 Å². The van der Waals surface area contributed by atoms with E-state index in [-0.39, 0.29) is 0 Å². The van der Waals surface area contributed by atoms with Gasteiger partial charge in [0, 0.05) is 13.1 Å². The number of nitrogens with two attached hydrogens (primary N) is 1. The zero-order valence-corrected chi connectivity index (χ0v) is 12.9. The van der Waals surface area contributed by atoms with Gasteiger partial charge in [-0.3, -0.25) is 0 Å². The van der Waals surface area contributed by atoms with Crippen LogP contribution in [0, 0.1) is 5.92 Å². The van der Waals surface area contributed by atoms with Crippen LogP contribution in [-0.2, 0) is 0 Å². The third-order valence-corrected chi connectivity index (χ3v) is 3.95. The molecule has 0 aliphatic rings. The van der Waals surface area contributed by atoms with Crippen LogP contribution in [0.3, 0.4) is 0 Å². The van der Waals surface area contributed by atoms with Gasteiger partial charge < -0.3 is 10.3 Å². The van der Waals surface area contributed by atoms with Crippen molar-refractivity contribution in [2.45, 2.75) is 33.6 Å². The van der Waals surface area contributed by atoms with Crippen molar-refractivity contribution in [2.75, 3.05) is 23.4 Å². The summed E-state index contributed by atoms with van der Waals surface area (Å²) in [4.78, 5) is 10.7. The summed E-state index contributed by atoms with van der Waals surface area (Å²) in [5.41, 5.74) is 2.57. The van der Waals surface area contributed by atoms with Crippen molar-refractivity contribution in [3.8, 4) is 0 Å². The summed E-state index contributed by atoms with van der Waals surface area (Å²) in [5.74, 6) is 7.62. The van der Waals surface area contributed by atoms with Crippen molar-refractivity contribution in [1.29, 1.82) is 0 Å². The van der Waals surface area contributed by atoms with Crippen LogP contribution in [0.15, 0.2) is 10.8 Å². The quantitative estimate of drug-likeness (QED) is 0.598. The predicted molar refractivity (Wildman–Crippen MR) is 79.5 cm³/mol. The Morgan fingerprint density at radius 1 is 1.33 bits per heavy atom. The van der Waals surface area contributed by atoms with E-state index in [1.54, 1.807) is 0 Å². The van der Waals surface area contributed by atoms with E-state index < -0.39 is 0 Å². The summed E-state index contributed by atoms with van der Waals surface area (Å²) in [6, 6.07) is 0.